The molecule has 20 heavy (non-hydrogen) atoms. The van der Waals surface area contributed by atoms with E-state index in [2.05, 4.69) is 0 Å². The maximum absolute atomic E-state index is 12.2. The third-order valence-electron chi connectivity index (χ3n) is 2.83. The predicted molar refractivity (Wildman–Crippen MR) is 78.4 cm³/mol. The van der Waals surface area contributed by atoms with Crippen molar-refractivity contribution in [1.29, 1.82) is 5.26 Å². The van der Waals surface area contributed by atoms with E-state index in [4.69, 9.17) is 0 Å². The molecule has 0 N–H and O–H groups in total. The Morgan fingerprint density at radius 2 is 1.65 bits per heavy atom. The molecule has 0 bridgehead atoms. The fourth-order valence-corrected chi connectivity index (χ4v) is 2.90. The van der Waals surface area contributed by atoms with Crippen molar-refractivity contribution in [2.24, 2.45) is 0 Å². The van der Waals surface area contributed by atoms with Gasteiger partial charge in [-0.05, 0) is 24.6 Å². The third kappa shape index (κ3) is 3.14. The fraction of sp³-hybridized carbons (Fsp3) is 0.0625. The smallest absolute Gasteiger partial charge is 0.201 e. The van der Waals surface area contributed by atoms with Crippen LogP contribution in [0.5, 0.6) is 0 Å². The molecule has 2 aromatic carbocycles. The molecule has 3 nitrogen and oxygen atoms in total. The van der Waals surface area contributed by atoms with E-state index in [-0.39, 0.29) is 10.5 Å². The molecular formula is C16H13NO2S. The van der Waals surface area contributed by atoms with Crippen molar-refractivity contribution < 1.29 is 8.42 Å². The molecule has 0 aromatic heterocycles. The summed E-state index contributed by atoms with van der Waals surface area (Å²) >= 11 is 0. The highest BCUT2D eigenvalue weighted by Gasteiger charge is 2.13. The van der Waals surface area contributed by atoms with E-state index < -0.39 is 9.84 Å². The van der Waals surface area contributed by atoms with Gasteiger partial charge in [-0.25, -0.2) is 8.42 Å². The molecule has 0 radical (unpaired) electrons. The quantitative estimate of drug-likeness (QED) is 0.812. The lowest BCUT2D eigenvalue weighted by Gasteiger charge is -2.02. The van der Waals surface area contributed by atoms with Crippen LogP contribution in [0.15, 0.2) is 64.9 Å². The van der Waals surface area contributed by atoms with Crippen LogP contribution in [0.25, 0.3) is 5.57 Å². The molecule has 0 atom stereocenters. The summed E-state index contributed by atoms with van der Waals surface area (Å²) in [6.45, 7) is 1.93. The van der Waals surface area contributed by atoms with Gasteiger partial charge >= 0.3 is 0 Å². The van der Waals surface area contributed by atoms with E-state index in [1.807, 2.05) is 25.1 Å². The number of allylic oxidation sites excluding steroid dienone is 1. The minimum atomic E-state index is -3.61. The van der Waals surface area contributed by atoms with E-state index >= 15 is 0 Å². The van der Waals surface area contributed by atoms with Gasteiger partial charge in [0.2, 0.25) is 9.84 Å². The monoisotopic (exact) mass is 283 g/mol. The van der Waals surface area contributed by atoms with Crippen LogP contribution in [-0.2, 0) is 9.84 Å². The van der Waals surface area contributed by atoms with Gasteiger partial charge in [-0.2, -0.15) is 5.26 Å². The molecular weight excluding hydrogens is 270 g/mol. The molecule has 2 aromatic rings. The second-order valence-corrected chi connectivity index (χ2v) is 6.16. The van der Waals surface area contributed by atoms with Crippen molar-refractivity contribution in [3.8, 4) is 6.07 Å². The first kappa shape index (κ1) is 14.0. The highest BCUT2D eigenvalue weighted by Crippen LogP contribution is 2.20. The molecule has 0 aliphatic heterocycles. The summed E-state index contributed by atoms with van der Waals surface area (Å²) in [5.41, 5.74) is 1.78. The van der Waals surface area contributed by atoms with Gasteiger partial charge in [-0.1, -0.05) is 48.0 Å². The van der Waals surface area contributed by atoms with Gasteiger partial charge < -0.3 is 0 Å². The predicted octanol–water partition coefficient (Wildman–Crippen LogP) is 3.33. The highest BCUT2D eigenvalue weighted by molar-refractivity contribution is 7.94. The molecule has 0 spiro atoms. The Morgan fingerprint density at radius 3 is 2.20 bits per heavy atom. The second kappa shape index (κ2) is 5.72. The SMILES string of the molecule is Cc1ccc(C(C#N)=CS(=O)(=O)c2ccccc2)cc1. The Morgan fingerprint density at radius 1 is 1.05 bits per heavy atom. The van der Waals surface area contributed by atoms with E-state index in [1.165, 1.54) is 12.1 Å². The van der Waals surface area contributed by atoms with Crippen molar-refractivity contribution in [2.45, 2.75) is 11.8 Å². The third-order valence-corrected chi connectivity index (χ3v) is 4.30. The van der Waals surface area contributed by atoms with Crippen LogP contribution in [-0.4, -0.2) is 8.42 Å². The number of benzene rings is 2. The summed E-state index contributed by atoms with van der Waals surface area (Å²) in [5, 5.41) is 10.2. The first-order valence-corrected chi connectivity index (χ1v) is 7.56. The van der Waals surface area contributed by atoms with Crippen molar-refractivity contribution in [1.82, 2.24) is 0 Å². The topological polar surface area (TPSA) is 57.9 Å². The van der Waals surface area contributed by atoms with Gasteiger partial charge in [0, 0.05) is 0 Å². The summed E-state index contributed by atoms with van der Waals surface area (Å²) in [5.74, 6) is 0. The van der Waals surface area contributed by atoms with Gasteiger partial charge in [-0.3, -0.25) is 0 Å². The molecule has 0 fully saturated rings. The van der Waals surface area contributed by atoms with Gasteiger partial charge in [0.1, 0.15) is 6.07 Å². The fourth-order valence-electron chi connectivity index (χ4n) is 1.73. The van der Waals surface area contributed by atoms with Crippen molar-refractivity contribution in [2.75, 3.05) is 0 Å². The van der Waals surface area contributed by atoms with E-state index in [1.54, 1.807) is 30.3 Å². The minimum absolute atomic E-state index is 0.133. The lowest BCUT2D eigenvalue weighted by molar-refractivity contribution is 0.605. The molecule has 0 unspecified atom stereocenters. The Bertz CT molecular complexity index is 767. The van der Waals surface area contributed by atoms with Crippen molar-refractivity contribution in [3.05, 3.63) is 71.1 Å². The zero-order valence-corrected chi connectivity index (χ0v) is 11.8. The van der Waals surface area contributed by atoms with Gasteiger partial charge in [0.05, 0.1) is 15.9 Å². The van der Waals surface area contributed by atoms with Crippen LogP contribution in [0.4, 0.5) is 0 Å². The summed E-state index contributed by atoms with van der Waals surface area (Å²) < 4.78 is 24.4. The number of hydrogen-bond acceptors (Lipinski definition) is 3. The molecule has 0 heterocycles. The molecule has 4 heteroatoms. The molecule has 0 aliphatic carbocycles. The van der Waals surface area contributed by atoms with Crippen LogP contribution >= 0.6 is 0 Å². The Balaban J connectivity index is 2.47. The van der Waals surface area contributed by atoms with Crippen LogP contribution in [0, 0.1) is 18.3 Å². The lowest BCUT2D eigenvalue weighted by atomic mass is 10.1. The summed E-state index contributed by atoms with van der Waals surface area (Å²) in [6, 6.07) is 17.2. The molecule has 100 valence electrons. The Labute approximate surface area is 118 Å². The first-order chi connectivity index (χ1) is 9.53. The minimum Gasteiger partial charge on any atom is -0.219 e. The molecule has 0 saturated heterocycles. The Kier molecular flexibility index (Phi) is 4.02. The zero-order chi connectivity index (χ0) is 14.6. The average Bonchev–Trinajstić information content (AvgIpc) is 2.47. The second-order valence-electron chi connectivity index (χ2n) is 4.37. The summed E-state index contributed by atoms with van der Waals surface area (Å²) in [6.07, 6.45) is 0. The van der Waals surface area contributed by atoms with Crippen LogP contribution in [0.3, 0.4) is 0 Å². The number of nitrogens with zero attached hydrogens (tertiary/aromatic N) is 1. The molecule has 0 aliphatic rings. The number of sulfone groups is 1. The number of hydrogen-bond donors (Lipinski definition) is 0. The highest BCUT2D eigenvalue weighted by atomic mass is 32.2. The maximum Gasteiger partial charge on any atom is 0.201 e. The van der Waals surface area contributed by atoms with Gasteiger partial charge in [-0.15, -0.1) is 0 Å². The zero-order valence-electron chi connectivity index (χ0n) is 10.9. The van der Waals surface area contributed by atoms with Crippen LogP contribution < -0.4 is 0 Å². The number of aryl methyl sites for hydroxylation is 1. The average molecular weight is 283 g/mol. The van der Waals surface area contributed by atoms with Crippen LogP contribution in [0.2, 0.25) is 0 Å². The molecule has 0 saturated carbocycles. The lowest BCUT2D eigenvalue weighted by Crippen LogP contribution is -1.97. The van der Waals surface area contributed by atoms with E-state index in [0.29, 0.717) is 5.56 Å². The maximum atomic E-state index is 12.2. The number of rotatable bonds is 3. The van der Waals surface area contributed by atoms with Crippen LogP contribution in [0.1, 0.15) is 11.1 Å². The van der Waals surface area contributed by atoms with Crippen molar-refractivity contribution in [3.63, 3.8) is 0 Å². The summed E-state index contributed by atoms with van der Waals surface area (Å²) in [4.78, 5) is 0.180. The van der Waals surface area contributed by atoms with Gasteiger partial charge in [0.15, 0.2) is 0 Å². The normalized spacial score (nSPS) is 11.9. The van der Waals surface area contributed by atoms with Crippen molar-refractivity contribution >= 4 is 15.4 Å². The van der Waals surface area contributed by atoms with Gasteiger partial charge in [0.25, 0.3) is 0 Å². The molecule has 2 rings (SSSR count). The standard InChI is InChI=1S/C16H13NO2S/c1-13-7-9-14(10-8-13)15(11-17)12-20(18,19)16-5-3-2-4-6-16/h2-10,12H,1H3. The van der Waals surface area contributed by atoms with E-state index in [9.17, 15) is 13.7 Å². The molecule has 0 amide bonds. The number of nitriles is 1. The van der Waals surface area contributed by atoms with E-state index in [0.717, 1.165) is 11.0 Å². The summed E-state index contributed by atoms with van der Waals surface area (Å²) in [7, 11) is -3.61. The Hall–Kier alpha value is -2.38. The largest absolute Gasteiger partial charge is 0.219 e. The first-order valence-electron chi connectivity index (χ1n) is 6.02.